The van der Waals surface area contributed by atoms with Gasteiger partial charge in [-0.3, -0.25) is 5.32 Å². The lowest BCUT2D eigenvalue weighted by Gasteiger charge is -2.39. The molecule has 7 heteroatoms. The second-order valence-electron chi connectivity index (χ2n) is 5.98. The molecule has 0 aliphatic carbocycles. The van der Waals surface area contributed by atoms with Crippen molar-refractivity contribution in [1.82, 2.24) is 15.2 Å². The topological polar surface area (TPSA) is 54.5 Å². The van der Waals surface area contributed by atoms with Gasteiger partial charge < -0.3 is 9.64 Å². The Kier molecular flexibility index (Phi) is 3.54. The number of piperazine rings is 1. The summed E-state index contributed by atoms with van der Waals surface area (Å²) in [6.45, 7) is 1.06. The van der Waals surface area contributed by atoms with Crippen LogP contribution in [0.1, 0.15) is 17.8 Å². The van der Waals surface area contributed by atoms with Crippen LogP contribution in [0.2, 0.25) is 0 Å². The zero-order chi connectivity index (χ0) is 15.9. The van der Waals surface area contributed by atoms with E-state index in [4.69, 9.17) is 4.74 Å². The van der Waals surface area contributed by atoms with Crippen LogP contribution in [0, 0.1) is 5.82 Å². The summed E-state index contributed by atoms with van der Waals surface area (Å²) in [4.78, 5) is 18.5. The fraction of sp³-hybridized carbons (Fsp3) is 0.375. The van der Waals surface area contributed by atoms with Crippen molar-refractivity contribution in [2.75, 3.05) is 13.1 Å². The monoisotopic (exact) mass is 333 g/mol. The standard InChI is InChI=1S/C16H16FN3O2S/c17-12-3-1-2-4-13(12)22-15(21)20-9-11-5-6-16(10-20,19-11)14-18-7-8-23-14/h1-4,7-8,11,19H,5-6,9-10H2. The highest BCUT2D eigenvalue weighted by molar-refractivity contribution is 7.09. The molecule has 2 saturated heterocycles. The highest BCUT2D eigenvalue weighted by Crippen LogP contribution is 2.39. The Labute approximate surface area is 137 Å². The third kappa shape index (κ3) is 2.60. The van der Waals surface area contributed by atoms with Crippen molar-refractivity contribution in [3.63, 3.8) is 0 Å². The Morgan fingerprint density at radius 3 is 3.13 bits per heavy atom. The first-order chi connectivity index (χ1) is 11.2. The molecular formula is C16H16FN3O2S. The van der Waals surface area contributed by atoms with Crippen LogP contribution in [0.3, 0.4) is 0 Å². The van der Waals surface area contributed by atoms with Gasteiger partial charge in [0, 0.05) is 30.7 Å². The molecule has 2 atom stereocenters. The quantitative estimate of drug-likeness (QED) is 0.918. The number of amides is 1. The lowest BCUT2D eigenvalue weighted by atomic mass is 9.98. The first kappa shape index (κ1) is 14.6. The minimum absolute atomic E-state index is 0.0355. The van der Waals surface area contributed by atoms with Crippen molar-refractivity contribution in [1.29, 1.82) is 0 Å². The van der Waals surface area contributed by atoms with Gasteiger partial charge in [-0.1, -0.05) is 12.1 Å². The van der Waals surface area contributed by atoms with Gasteiger partial charge in [-0.25, -0.2) is 14.2 Å². The zero-order valence-electron chi connectivity index (χ0n) is 12.4. The molecule has 0 saturated carbocycles. The molecule has 5 nitrogen and oxygen atoms in total. The average molecular weight is 333 g/mol. The molecule has 2 aromatic rings. The number of rotatable bonds is 2. The van der Waals surface area contributed by atoms with E-state index in [1.807, 2.05) is 5.38 Å². The van der Waals surface area contributed by atoms with Crippen LogP contribution in [0.25, 0.3) is 0 Å². The maximum Gasteiger partial charge on any atom is 0.415 e. The van der Waals surface area contributed by atoms with Crippen molar-refractivity contribution < 1.29 is 13.9 Å². The number of para-hydroxylation sites is 1. The molecule has 1 amide bonds. The van der Waals surface area contributed by atoms with Crippen molar-refractivity contribution in [2.24, 2.45) is 0 Å². The Morgan fingerprint density at radius 1 is 1.48 bits per heavy atom. The Morgan fingerprint density at radius 2 is 2.35 bits per heavy atom. The summed E-state index contributed by atoms with van der Waals surface area (Å²) in [6, 6.07) is 6.17. The van der Waals surface area contributed by atoms with E-state index in [9.17, 15) is 9.18 Å². The molecule has 2 aliphatic heterocycles. The Bertz CT molecular complexity index is 724. The highest BCUT2D eigenvalue weighted by atomic mass is 32.1. The fourth-order valence-electron chi connectivity index (χ4n) is 3.40. The number of likely N-dealkylation sites (tertiary alicyclic amines) is 1. The molecule has 2 bridgehead atoms. The van der Waals surface area contributed by atoms with Crippen molar-refractivity contribution >= 4 is 17.4 Å². The van der Waals surface area contributed by atoms with Crippen LogP contribution in [-0.4, -0.2) is 35.1 Å². The summed E-state index contributed by atoms with van der Waals surface area (Å²) in [6.07, 6.45) is 3.20. The Balaban J connectivity index is 1.54. The number of carbonyl (C=O) groups is 1. The summed E-state index contributed by atoms with van der Waals surface area (Å²) < 4.78 is 18.9. The maximum atomic E-state index is 13.7. The van der Waals surface area contributed by atoms with Gasteiger partial charge in [-0.05, 0) is 25.0 Å². The minimum Gasteiger partial charge on any atom is -0.407 e. The van der Waals surface area contributed by atoms with Gasteiger partial charge in [0.2, 0.25) is 0 Å². The summed E-state index contributed by atoms with van der Waals surface area (Å²) in [5.74, 6) is -0.569. The number of benzene rings is 1. The van der Waals surface area contributed by atoms with E-state index in [1.54, 1.807) is 34.6 Å². The van der Waals surface area contributed by atoms with E-state index in [0.717, 1.165) is 17.8 Å². The number of hydrogen-bond acceptors (Lipinski definition) is 5. The maximum absolute atomic E-state index is 13.7. The van der Waals surface area contributed by atoms with Gasteiger partial charge in [0.1, 0.15) is 5.01 Å². The molecule has 3 heterocycles. The van der Waals surface area contributed by atoms with E-state index in [-0.39, 0.29) is 17.3 Å². The summed E-state index contributed by atoms with van der Waals surface area (Å²) in [7, 11) is 0. The molecular weight excluding hydrogens is 317 g/mol. The molecule has 0 spiro atoms. The molecule has 1 aromatic carbocycles. The average Bonchev–Trinajstić information content (AvgIpc) is 3.19. The van der Waals surface area contributed by atoms with E-state index in [1.165, 1.54) is 12.1 Å². The molecule has 23 heavy (non-hydrogen) atoms. The fourth-order valence-corrected chi connectivity index (χ4v) is 4.22. The van der Waals surface area contributed by atoms with Crippen molar-refractivity contribution in [2.45, 2.75) is 24.4 Å². The van der Waals surface area contributed by atoms with Gasteiger partial charge in [-0.2, -0.15) is 0 Å². The van der Waals surface area contributed by atoms with Crippen molar-refractivity contribution in [3.8, 4) is 5.75 Å². The second-order valence-corrected chi connectivity index (χ2v) is 6.87. The van der Waals surface area contributed by atoms with Gasteiger partial charge in [-0.15, -0.1) is 11.3 Å². The number of hydrogen-bond donors (Lipinski definition) is 1. The summed E-state index contributed by atoms with van der Waals surface area (Å²) >= 11 is 1.59. The number of nitrogens with zero attached hydrogens (tertiary/aromatic N) is 2. The third-order valence-electron chi connectivity index (χ3n) is 4.44. The number of halogens is 1. The molecule has 0 radical (unpaired) electrons. The van der Waals surface area contributed by atoms with Crippen LogP contribution < -0.4 is 10.1 Å². The molecule has 4 rings (SSSR count). The smallest absolute Gasteiger partial charge is 0.407 e. The lowest BCUT2D eigenvalue weighted by Crippen LogP contribution is -2.59. The van der Waals surface area contributed by atoms with E-state index >= 15 is 0 Å². The minimum atomic E-state index is -0.534. The van der Waals surface area contributed by atoms with Crippen LogP contribution >= 0.6 is 11.3 Å². The largest absolute Gasteiger partial charge is 0.415 e. The third-order valence-corrected chi connectivity index (χ3v) is 5.41. The van der Waals surface area contributed by atoms with E-state index in [0.29, 0.717) is 13.1 Å². The van der Waals surface area contributed by atoms with Crippen LogP contribution in [0.4, 0.5) is 9.18 Å². The van der Waals surface area contributed by atoms with Gasteiger partial charge in [0.05, 0.1) is 5.54 Å². The lowest BCUT2D eigenvalue weighted by molar-refractivity contribution is 0.110. The predicted molar refractivity (Wildman–Crippen MR) is 83.9 cm³/mol. The van der Waals surface area contributed by atoms with Crippen LogP contribution in [-0.2, 0) is 5.54 Å². The van der Waals surface area contributed by atoms with Crippen LogP contribution in [0.15, 0.2) is 35.8 Å². The second kappa shape index (κ2) is 5.58. The van der Waals surface area contributed by atoms with Gasteiger partial charge in [0.15, 0.2) is 11.6 Å². The van der Waals surface area contributed by atoms with Gasteiger partial charge >= 0.3 is 6.09 Å². The number of nitrogens with one attached hydrogen (secondary N) is 1. The molecule has 2 fully saturated rings. The number of carbonyl (C=O) groups excluding carboxylic acids is 1. The van der Waals surface area contributed by atoms with Gasteiger partial charge in [0.25, 0.3) is 0 Å². The summed E-state index contributed by atoms with van der Waals surface area (Å²) in [5.41, 5.74) is -0.300. The molecule has 2 unspecified atom stereocenters. The number of fused-ring (bicyclic) bond motifs is 2. The van der Waals surface area contributed by atoms with E-state index in [2.05, 4.69) is 10.3 Å². The molecule has 2 aliphatic rings. The Hall–Kier alpha value is -1.99. The highest BCUT2D eigenvalue weighted by Gasteiger charge is 2.48. The number of aromatic nitrogens is 1. The van der Waals surface area contributed by atoms with E-state index < -0.39 is 11.9 Å². The van der Waals surface area contributed by atoms with Crippen molar-refractivity contribution in [3.05, 3.63) is 46.7 Å². The van der Waals surface area contributed by atoms with Crippen LogP contribution in [0.5, 0.6) is 5.75 Å². The summed E-state index contributed by atoms with van der Waals surface area (Å²) in [5, 5.41) is 6.52. The SMILES string of the molecule is O=C(Oc1ccccc1F)N1CC2CCC(c3nccs3)(C1)N2. The number of ether oxygens (including phenoxy) is 1. The first-order valence-corrected chi connectivity index (χ1v) is 8.43. The molecule has 1 N–H and O–H groups in total. The predicted octanol–water partition coefficient (Wildman–Crippen LogP) is 2.74. The zero-order valence-corrected chi connectivity index (χ0v) is 13.2. The normalized spacial score (nSPS) is 26.3. The number of thiazole rings is 1. The molecule has 120 valence electrons. The first-order valence-electron chi connectivity index (χ1n) is 7.55. The molecule has 1 aromatic heterocycles.